The number of ether oxygens (including phenoxy) is 1. The summed E-state index contributed by atoms with van der Waals surface area (Å²) in [7, 11) is 1.95. The first-order valence-electron chi connectivity index (χ1n) is 6.43. The lowest BCUT2D eigenvalue weighted by Crippen LogP contribution is -2.08. The zero-order valence-electron chi connectivity index (χ0n) is 11.4. The van der Waals surface area contributed by atoms with Gasteiger partial charge >= 0.3 is 0 Å². The van der Waals surface area contributed by atoms with Crippen LogP contribution in [0.4, 0.5) is 11.4 Å². The van der Waals surface area contributed by atoms with Crippen LogP contribution in [-0.4, -0.2) is 22.9 Å². The van der Waals surface area contributed by atoms with Crippen LogP contribution in [0.2, 0.25) is 0 Å². The number of hydrogen-bond acceptors (Lipinski definition) is 4. The summed E-state index contributed by atoms with van der Waals surface area (Å²) in [4.78, 5) is 0. The van der Waals surface area contributed by atoms with Gasteiger partial charge in [-0.1, -0.05) is 0 Å². The Kier molecular flexibility index (Phi) is 4.28. The molecule has 0 bridgehead atoms. The topological polar surface area (TPSA) is 65.1 Å². The molecule has 1 aromatic carbocycles. The molecule has 102 valence electrons. The molecule has 0 spiro atoms. The summed E-state index contributed by atoms with van der Waals surface area (Å²) in [6, 6.07) is 7.77. The number of rotatable bonds is 6. The molecule has 5 heteroatoms. The van der Waals surface area contributed by atoms with Gasteiger partial charge in [-0.3, -0.25) is 4.68 Å². The number of aryl methyl sites for hydroxylation is 1. The van der Waals surface area contributed by atoms with E-state index in [1.807, 2.05) is 49.1 Å². The van der Waals surface area contributed by atoms with Crippen LogP contribution < -0.4 is 15.8 Å². The maximum Gasteiger partial charge on any atom is 0.144 e. The predicted octanol–water partition coefficient (Wildman–Crippen LogP) is 2.06. The molecule has 0 saturated heterocycles. The number of nitrogen functional groups attached to an aromatic ring is 1. The minimum Gasteiger partial charge on any atom is -0.492 e. The van der Waals surface area contributed by atoms with Crippen molar-refractivity contribution in [3.05, 3.63) is 36.2 Å². The first-order valence-corrected chi connectivity index (χ1v) is 6.43. The van der Waals surface area contributed by atoms with Crippen molar-refractivity contribution < 1.29 is 4.74 Å². The molecular formula is C14H20N4O. The van der Waals surface area contributed by atoms with Gasteiger partial charge in [-0.25, -0.2) is 0 Å². The van der Waals surface area contributed by atoms with E-state index in [2.05, 4.69) is 10.4 Å². The first-order chi connectivity index (χ1) is 9.20. The van der Waals surface area contributed by atoms with E-state index in [4.69, 9.17) is 10.5 Å². The fourth-order valence-corrected chi connectivity index (χ4v) is 1.91. The Morgan fingerprint density at radius 2 is 2.21 bits per heavy atom. The summed E-state index contributed by atoms with van der Waals surface area (Å²) in [6.07, 6.45) is 2.73. The molecule has 0 aliphatic carbocycles. The molecule has 1 aromatic heterocycles. The van der Waals surface area contributed by atoms with Crippen molar-refractivity contribution in [2.45, 2.75) is 13.3 Å². The standard InChI is InChI=1S/C14H20N4O/c1-3-19-14-10-11(4-5-13(14)15)16-8-6-12-7-9-17-18(12)2/h4-5,7,9-10,16H,3,6,8,15H2,1-2H3. The Balaban J connectivity index is 1.92. The second-order valence-electron chi connectivity index (χ2n) is 4.31. The summed E-state index contributed by atoms with van der Waals surface area (Å²) < 4.78 is 7.35. The van der Waals surface area contributed by atoms with Crippen molar-refractivity contribution in [2.24, 2.45) is 7.05 Å². The highest BCUT2D eigenvalue weighted by atomic mass is 16.5. The molecule has 0 amide bonds. The van der Waals surface area contributed by atoms with Gasteiger partial charge in [0, 0.05) is 43.7 Å². The fourth-order valence-electron chi connectivity index (χ4n) is 1.91. The highest BCUT2D eigenvalue weighted by molar-refractivity contribution is 5.61. The van der Waals surface area contributed by atoms with E-state index < -0.39 is 0 Å². The molecule has 0 fully saturated rings. The molecule has 0 radical (unpaired) electrons. The Morgan fingerprint density at radius 1 is 1.37 bits per heavy atom. The average Bonchev–Trinajstić information content (AvgIpc) is 2.79. The van der Waals surface area contributed by atoms with Crippen molar-refractivity contribution in [1.29, 1.82) is 0 Å². The molecule has 0 saturated carbocycles. The smallest absolute Gasteiger partial charge is 0.144 e. The molecule has 1 heterocycles. The van der Waals surface area contributed by atoms with E-state index >= 15 is 0 Å². The molecule has 2 aromatic rings. The number of anilines is 2. The van der Waals surface area contributed by atoms with Crippen molar-refractivity contribution in [2.75, 3.05) is 24.2 Å². The van der Waals surface area contributed by atoms with Crippen LogP contribution in [0.5, 0.6) is 5.75 Å². The molecule has 0 aliphatic rings. The van der Waals surface area contributed by atoms with Gasteiger partial charge in [0.15, 0.2) is 0 Å². The van der Waals surface area contributed by atoms with Crippen LogP contribution >= 0.6 is 0 Å². The number of aromatic nitrogens is 2. The number of nitrogens with two attached hydrogens (primary N) is 1. The highest BCUT2D eigenvalue weighted by Gasteiger charge is 2.02. The maximum absolute atomic E-state index is 5.84. The lowest BCUT2D eigenvalue weighted by atomic mass is 10.2. The largest absolute Gasteiger partial charge is 0.492 e. The molecule has 0 aliphatic heterocycles. The zero-order chi connectivity index (χ0) is 13.7. The maximum atomic E-state index is 5.84. The normalized spacial score (nSPS) is 10.4. The van der Waals surface area contributed by atoms with Gasteiger partial charge in [-0.15, -0.1) is 0 Å². The van der Waals surface area contributed by atoms with Crippen LogP contribution in [0, 0.1) is 0 Å². The van der Waals surface area contributed by atoms with Gasteiger partial charge in [0.1, 0.15) is 5.75 Å². The van der Waals surface area contributed by atoms with Crippen molar-refractivity contribution in [1.82, 2.24) is 9.78 Å². The summed E-state index contributed by atoms with van der Waals surface area (Å²) >= 11 is 0. The minimum atomic E-state index is 0.614. The monoisotopic (exact) mass is 260 g/mol. The molecule has 19 heavy (non-hydrogen) atoms. The molecule has 3 N–H and O–H groups in total. The Hall–Kier alpha value is -2.17. The van der Waals surface area contributed by atoms with E-state index in [-0.39, 0.29) is 0 Å². The van der Waals surface area contributed by atoms with Gasteiger partial charge in [0.25, 0.3) is 0 Å². The van der Waals surface area contributed by atoms with Crippen LogP contribution in [0.3, 0.4) is 0 Å². The van der Waals surface area contributed by atoms with E-state index in [0.717, 1.165) is 24.4 Å². The fraction of sp³-hybridized carbons (Fsp3) is 0.357. The lowest BCUT2D eigenvalue weighted by Gasteiger charge is -2.11. The summed E-state index contributed by atoms with van der Waals surface area (Å²) in [5, 5.41) is 7.50. The number of nitrogens with zero attached hydrogens (tertiary/aromatic N) is 2. The van der Waals surface area contributed by atoms with Gasteiger partial charge in [0.05, 0.1) is 12.3 Å². The van der Waals surface area contributed by atoms with Crippen molar-refractivity contribution >= 4 is 11.4 Å². The van der Waals surface area contributed by atoms with Crippen molar-refractivity contribution in [3.63, 3.8) is 0 Å². The number of benzene rings is 1. The zero-order valence-corrected chi connectivity index (χ0v) is 11.4. The van der Waals surface area contributed by atoms with E-state index in [1.54, 1.807) is 0 Å². The highest BCUT2D eigenvalue weighted by Crippen LogP contribution is 2.25. The Bertz CT molecular complexity index is 536. The molecule has 0 atom stereocenters. The van der Waals surface area contributed by atoms with Crippen molar-refractivity contribution in [3.8, 4) is 5.75 Å². The predicted molar refractivity (Wildman–Crippen MR) is 77.4 cm³/mol. The molecular weight excluding hydrogens is 240 g/mol. The van der Waals surface area contributed by atoms with Gasteiger partial charge in [-0.2, -0.15) is 5.10 Å². The van der Waals surface area contributed by atoms with Crippen LogP contribution in [-0.2, 0) is 13.5 Å². The van der Waals surface area contributed by atoms with Crippen LogP contribution in [0.15, 0.2) is 30.5 Å². The molecule has 5 nitrogen and oxygen atoms in total. The Labute approximate surface area is 113 Å². The third kappa shape index (κ3) is 3.40. The van der Waals surface area contributed by atoms with Gasteiger partial charge in [-0.05, 0) is 25.1 Å². The molecule has 0 unspecified atom stereocenters. The molecule has 2 rings (SSSR count). The van der Waals surface area contributed by atoms with E-state index in [9.17, 15) is 0 Å². The third-order valence-corrected chi connectivity index (χ3v) is 2.95. The van der Waals surface area contributed by atoms with Crippen LogP contribution in [0.1, 0.15) is 12.6 Å². The van der Waals surface area contributed by atoms with Gasteiger partial charge in [0.2, 0.25) is 0 Å². The second kappa shape index (κ2) is 6.13. The summed E-state index contributed by atoms with van der Waals surface area (Å²) in [5.41, 5.74) is 8.72. The lowest BCUT2D eigenvalue weighted by molar-refractivity contribution is 0.342. The SMILES string of the molecule is CCOc1cc(NCCc2ccnn2C)ccc1N. The minimum absolute atomic E-state index is 0.614. The second-order valence-corrected chi connectivity index (χ2v) is 4.31. The summed E-state index contributed by atoms with van der Waals surface area (Å²) in [5.74, 6) is 0.730. The van der Waals surface area contributed by atoms with Gasteiger partial charge < -0.3 is 15.8 Å². The Morgan fingerprint density at radius 3 is 2.89 bits per heavy atom. The summed E-state index contributed by atoms with van der Waals surface area (Å²) in [6.45, 7) is 3.40. The van der Waals surface area contributed by atoms with E-state index in [1.165, 1.54) is 5.69 Å². The van der Waals surface area contributed by atoms with E-state index in [0.29, 0.717) is 12.3 Å². The third-order valence-electron chi connectivity index (χ3n) is 2.95. The number of nitrogens with one attached hydrogen (secondary N) is 1. The van der Waals surface area contributed by atoms with Crippen LogP contribution in [0.25, 0.3) is 0 Å². The first kappa shape index (κ1) is 13.3. The number of hydrogen-bond donors (Lipinski definition) is 2. The quantitative estimate of drug-likeness (QED) is 0.780. The average molecular weight is 260 g/mol.